The fourth-order valence-corrected chi connectivity index (χ4v) is 5.85. The molecule has 0 unspecified atom stereocenters. The summed E-state index contributed by atoms with van der Waals surface area (Å²) in [5.41, 5.74) is 3.77. The number of fused-ring (bicyclic) bond motifs is 1. The van der Waals surface area contributed by atoms with Gasteiger partial charge in [0.2, 0.25) is 0 Å². The Kier molecular flexibility index (Phi) is 8.37. The highest BCUT2D eigenvalue weighted by Gasteiger charge is 2.26. The molecule has 0 saturated carbocycles. The average molecular weight is 606 g/mol. The van der Waals surface area contributed by atoms with Crippen molar-refractivity contribution in [1.82, 2.24) is 0 Å². The highest BCUT2D eigenvalue weighted by atomic mass is 35.5. The van der Waals surface area contributed by atoms with Crippen LogP contribution in [0.4, 0.5) is 17.1 Å². The normalized spacial score (nSPS) is 12.4. The number of rotatable bonds is 9. The molecule has 11 heteroatoms. The van der Waals surface area contributed by atoms with Gasteiger partial charge in [0.05, 0.1) is 12.0 Å². The lowest BCUT2D eigenvalue weighted by atomic mass is 10.1. The molecule has 42 heavy (non-hydrogen) atoms. The Hall–Kier alpha value is -4.54. The van der Waals surface area contributed by atoms with Crippen LogP contribution in [0.15, 0.2) is 89.8 Å². The number of carbonyl (C=O) groups is 2. The molecule has 1 aliphatic rings. The van der Waals surface area contributed by atoms with E-state index in [1.165, 1.54) is 18.2 Å². The molecule has 0 radical (unpaired) electrons. The number of methoxy groups -OCH3 is 1. The van der Waals surface area contributed by atoms with E-state index in [0.29, 0.717) is 45.6 Å². The van der Waals surface area contributed by atoms with Gasteiger partial charge < -0.3 is 19.7 Å². The van der Waals surface area contributed by atoms with Crippen LogP contribution in [-0.4, -0.2) is 40.5 Å². The highest BCUT2D eigenvalue weighted by Crippen LogP contribution is 2.32. The zero-order chi connectivity index (χ0) is 29.9. The van der Waals surface area contributed by atoms with Gasteiger partial charge in [-0.1, -0.05) is 17.7 Å². The molecule has 5 rings (SSSR count). The van der Waals surface area contributed by atoms with E-state index in [1.807, 2.05) is 6.07 Å². The molecule has 2 amide bonds. The van der Waals surface area contributed by atoms with Gasteiger partial charge >= 0.3 is 0 Å². The SMILES string of the molecule is COc1ccc(C(=O)N2CCc3ccc(NC(=O)COc4ccc(S(=O)(=O)Nc5ccc(Cl)cc5)cc4C)cc32)cc1. The van der Waals surface area contributed by atoms with Crippen molar-refractivity contribution in [1.29, 1.82) is 0 Å². The van der Waals surface area contributed by atoms with E-state index in [-0.39, 0.29) is 17.4 Å². The summed E-state index contributed by atoms with van der Waals surface area (Å²) in [6, 6.07) is 23.1. The summed E-state index contributed by atoms with van der Waals surface area (Å²) in [4.78, 5) is 27.6. The van der Waals surface area contributed by atoms with Crippen molar-refractivity contribution < 1.29 is 27.5 Å². The Bertz CT molecular complexity index is 1740. The summed E-state index contributed by atoms with van der Waals surface area (Å²) >= 11 is 5.87. The van der Waals surface area contributed by atoms with Gasteiger partial charge in [-0.3, -0.25) is 14.3 Å². The third kappa shape index (κ3) is 6.50. The van der Waals surface area contributed by atoms with E-state index >= 15 is 0 Å². The minimum atomic E-state index is -3.84. The van der Waals surface area contributed by atoms with Crippen LogP contribution < -0.4 is 24.4 Å². The molecule has 0 saturated heterocycles. The largest absolute Gasteiger partial charge is 0.497 e. The van der Waals surface area contributed by atoms with E-state index in [2.05, 4.69) is 10.0 Å². The molecule has 0 aromatic heterocycles. The predicted octanol–water partition coefficient (Wildman–Crippen LogP) is 5.68. The second-order valence-electron chi connectivity index (χ2n) is 9.66. The summed E-state index contributed by atoms with van der Waals surface area (Å²) in [5, 5.41) is 3.31. The number of ether oxygens (including phenoxy) is 2. The summed E-state index contributed by atoms with van der Waals surface area (Å²) in [7, 11) is -2.27. The van der Waals surface area contributed by atoms with Crippen molar-refractivity contribution in [2.45, 2.75) is 18.2 Å². The number of hydrogen-bond donors (Lipinski definition) is 2. The fraction of sp³-hybridized carbons (Fsp3) is 0.161. The number of hydrogen-bond acceptors (Lipinski definition) is 6. The van der Waals surface area contributed by atoms with E-state index in [4.69, 9.17) is 21.1 Å². The number of benzene rings is 4. The van der Waals surface area contributed by atoms with Crippen LogP contribution in [0, 0.1) is 6.92 Å². The number of anilines is 3. The Morgan fingerprint density at radius 3 is 2.33 bits per heavy atom. The van der Waals surface area contributed by atoms with Crippen LogP contribution in [0.1, 0.15) is 21.5 Å². The first-order valence-corrected chi connectivity index (χ1v) is 14.9. The zero-order valence-corrected chi connectivity index (χ0v) is 24.5. The maximum absolute atomic E-state index is 13.2. The van der Waals surface area contributed by atoms with Crippen molar-refractivity contribution in [3.63, 3.8) is 0 Å². The first-order chi connectivity index (χ1) is 20.1. The van der Waals surface area contributed by atoms with Crippen molar-refractivity contribution in [3.8, 4) is 11.5 Å². The fourth-order valence-electron chi connectivity index (χ4n) is 4.58. The third-order valence-electron chi connectivity index (χ3n) is 6.76. The molecule has 0 spiro atoms. The summed E-state index contributed by atoms with van der Waals surface area (Å²) in [6.07, 6.45) is 0.717. The van der Waals surface area contributed by atoms with E-state index in [9.17, 15) is 18.0 Å². The number of aryl methyl sites for hydroxylation is 1. The predicted molar refractivity (Wildman–Crippen MR) is 162 cm³/mol. The number of amides is 2. The maximum Gasteiger partial charge on any atom is 0.262 e. The molecule has 4 aromatic carbocycles. The van der Waals surface area contributed by atoms with Gasteiger partial charge in [0, 0.05) is 34.2 Å². The minimum Gasteiger partial charge on any atom is -0.497 e. The third-order valence-corrected chi connectivity index (χ3v) is 8.39. The molecule has 0 bridgehead atoms. The van der Waals surface area contributed by atoms with E-state index < -0.39 is 15.9 Å². The lowest BCUT2D eigenvalue weighted by Gasteiger charge is -2.18. The molecule has 4 aromatic rings. The van der Waals surface area contributed by atoms with E-state index in [1.54, 1.807) is 79.6 Å². The highest BCUT2D eigenvalue weighted by molar-refractivity contribution is 7.92. The second kappa shape index (κ2) is 12.1. The Morgan fingerprint density at radius 1 is 0.929 bits per heavy atom. The first kappa shape index (κ1) is 29.0. The van der Waals surface area contributed by atoms with Crippen molar-refractivity contribution >= 4 is 50.5 Å². The molecule has 0 fully saturated rings. The van der Waals surface area contributed by atoms with Crippen molar-refractivity contribution in [2.75, 3.05) is 35.2 Å². The summed E-state index contributed by atoms with van der Waals surface area (Å²) < 4.78 is 38.9. The Morgan fingerprint density at radius 2 is 1.64 bits per heavy atom. The number of halogens is 1. The smallest absolute Gasteiger partial charge is 0.262 e. The maximum atomic E-state index is 13.2. The monoisotopic (exact) mass is 605 g/mol. The lowest BCUT2D eigenvalue weighted by Crippen LogP contribution is -2.29. The van der Waals surface area contributed by atoms with Gasteiger partial charge in [-0.2, -0.15) is 0 Å². The van der Waals surface area contributed by atoms with Gasteiger partial charge in [-0.05, 0) is 103 Å². The molecule has 216 valence electrons. The topological polar surface area (TPSA) is 114 Å². The standard InChI is InChI=1S/C31H28ClN3O6S/c1-20-17-27(42(38,39)34-24-9-6-23(32)7-10-24)13-14-29(20)41-19-30(36)33-25-8-3-21-15-16-35(28(21)18-25)31(37)22-4-11-26(40-2)12-5-22/h3-14,17-18,34H,15-16,19H2,1-2H3,(H,33,36). The number of sulfonamides is 1. The Labute approximate surface area is 249 Å². The molecule has 1 heterocycles. The molecule has 0 aliphatic carbocycles. The van der Waals surface area contributed by atoms with Gasteiger partial charge in [0.1, 0.15) is 11.5 Å². The van der Waals surface area contributed by atoms with Gasteiger partial charge in [0.15, 0.2) is 6.61 Å². The Balaban J connectivity index is 1.20. The van der Waals surface area contributed by atoms with Crippen LogP contribution >= 0.6 is 11.6 Å². The second-order valence-corrected chi connectivity index (χ2v) is 11.8. The molecule has 9 nitrogen and oxygen atoms in total. The van der Waals surface area contributed by atoms with Crippen LogP contribution in [0.5, 0.6) is 11.5 Å². The van der Waals surface area contributed by atoms with Gasteiger partial charge in [-0.15, -0.1) is 0 Å². The van der Waals surface area contributed by atoms with E-state index in [0.717, 1.165) is 17.7 Å². The molecule has 1 aliphatic heterocycles. The molecule has 2 N–H and O–H groups in total. The molecular weight excluding hydrogens is 578 g/mol. The van der Waals surface area contributed by atoms with Gasteiger partial charge in [0.25, 0.3) is 21.8 Å². The molecule has 0 atom stereocenters. The minimum absolute atomic E-state index is 0.0543. The van der Waals surface area contributed by atoms with Crippen LogP contribution in [0.2, 0.25) is 5.02 Å². The first-order valence-electron chi connectivity index (χ1n) is 13.0. The van der Waals surface area contributed by atoms with Crippen LogP contribution in [0.25, 0.3) is 0 Å². The number of carbonyl (C=O) groups excluding carboxylic acids is 2. The van der Waals surface area contributed by atoms with Gasteiger partial charge in [-0.25, -0.2) is 8.42 Å². The quantitative estimate of drug-likeness (QED) is 0.254. The van der Waals surface area contributed by atoms with Crippen LogP contribution in [-0.2, 0) is 21.2 Å². The van der Waals surface area contributed by atoms with Crippen molar-refractivity contribution in [2.24, 2.45) is 0 Å². The van der Waals surface area contributed by atoms with Crippen LogP contribution in [0.3, 0.4) is 0 Å². The average Bonchev–Trinajstić information content (AvgIpc) is 3.40. The number of nitrogens with zero attached hydrogens (tertiary/aromatic N) is 1. The summed E-state index contributed by atoms with van der Waals surface area (Å²) in [5.74, 6) is 0.512. The molecular formula is C31H28ClN3O6S. The van der Waals surface area contributed by atoms with Crippen molar-refractivity contribution in [3.05, 3.63) is 107 Å². The number of nitrogens with one attached hydrogen (secondary N) is 2. The zero-order valence-electron chi connectivity index (χ0n) is 22.9. The lowest BCUT2D eigenvalue weighted by molar-refractivity contribution is -0.118. The summed E-state index contributed by atoms with van der Waals surface area (Å²) in [6.45, 7) is 1.95.